The number of ether oxygens (including phenoxy) is 3. The van der Waals surface area contributed by atoms with Crippen LogP contribution in [0.1, 0.15) is 13.8 Å². The number of fused-ring (bicyclic) bond motifs is 1. The monoisotopic (exact) mass is 500 g/mol. The topological polar surface area (TPSA) is 79.8 Å². The maximum absolute atomic E-state index is 6.36. The van der Waals surface area contributed by atoms with E-state index in [2.05, 4.69) is 29.8 Å². The van der Waals surface area contributed by atoms with Crippen molar-refractivity contribution < 1.29 is 23.2 Å². The van der Waals surface area contributed by atoms with E-state index in [1.54, 1.807) is 18.4 Å². The second-order valence-corrected chi connectivity index (χ2v) is 15.5. The van der Waals surface area contributed by atoms with E-state index in [0.717, 1.165) is 11.4 Å². The SMILES string of the molecule is CC(C)Oc1ccc(-c2nc(-c3ccc(OCOCC[Si](C)(C)C)c4ccoc34)no2)cc1Cl. The van der Waals surface area contributed by atoms with Crippen molar-refractivity contribution in [3.63, 3.8) is 0 Å². The van der Waals surface area contributed by atoms with E-state index in [4.69, 9.17) is 34.8 Å². The average Bonchev–Trinajstić information content (AvgIpc) is 3.44. The number of nitrogens with zero attached hydrogens (tertiary/aromatic N) is 2. The Hall–Kier alpha value is -2.81. The van der Waals surface area contributed by atoms with Crippen LogP contribution in [0, 0.1) is 0 Å². The van der Waals surface area contributed by atoms with Crippen LogP contribution in [-0.2, 0) is 4.74 Å². The zero-order valence-corrected chi connectivity index (χ0v) is 21.8. The van der Waals surface area contributed by atoms with Crippen molar-refractivity contribution in [3.05, 3.63) is 47.7 Å². The van der Waals surface area contributed by atoms with Gasteiger partial charge in [0.25, 0.3) is 5.89 Å². The molecule has 0 saturated carbocycles. The molecule has 0 spiro atoms. The van der Waals surface area contributed by atoms with E-state index in [9.17, 15) is 0 Å². The van der Waals surface area contributed by atoms with Gasteiger partial charge in [-0.25, -0.2) is 0 Å². The molecule has 0 unspecified atom stereocenters. The molecular weight excluding hydrogens is 472 g/mol. The fourth-order valence-electron chi connectivity index (χ4n) is 3.31. The molecule has 0 atom stereocenters. The quantitative estimate of drug-likeness (QED) is 0.128. The van der Waals surface area contributed by atoms with Crippen molar-refractivity contribution in [2.24, 2.45) is 0 Å². The maximum atomic E-state index is 6.36. The molecule has 2 aromatic carbocycles. The summed E-state index contributed by atoms with van der Waals surface area (Å²) in [4.78, 5) is 4.55. The number of furan rings is 1. The number of hydrogen-bond donors (Lipinski definition) is 0. The molecule has 0 saturated heterocycles. The summed E-state index contributed by atoms with van der Waals surface area (Å²) in [5.41, 5.74) is 2.02. The van der Waals surface area contributed by atoms with E-state index in [0.29, 0.717) is 51.6 Å². The minimum Gasteiger partial charge on any atom is -0.489 e. The molecule has 2 aromatic heterocycles. The standard InChI is InChI=1S/C25H29ClN2O5Si/c1-16(2)32-22-8-6-17(14-20(22)26)25-27-24(28-33-25)19-7-9-21(18-10-11-30-23(18)19)31-15-29-12-13-34(3,4)5/h6-11,14,16H,12-13,15H2,1-5H3. The zero-order valence-electron chi connectivity index (χ0n) is 20.1. The van der Waals surface area contributed by atoms with Crippen molar-refractivity contribution in [1.29, 1.82) is 0 Å². The van der Waals surface area contributed by atoms with Gasteiger partial charge in [-0.15, -0.1) is 0 Å². The molecular formula is C25H29ClN2O5Si. The fraction of sp³-hybridized carbons (Fsp3) is 0.360. The van der Waals surface area contributed by atoms with Gasteiger partial charge >= 0.3 is 0 Å². The van der Waals surface area contributed by atoms with E-state index in [1.807, 2.05) is 38.1 Å². The van der Waals surface area contributed by atoms with Crippen molar-refractivity contribution in [2.45, 2.75) is 45.6 Å². The molecule has 0 aliphatic carbocycles. The fourth-order valence-corrected chi connectivity index (χ4v) is 4.30. The first kappa shape index (κ1) is 24.3. The van der Waals surface area contributed by atoms with Gasteiger partial charge in [-0.1, -0.05) is 36.4 Å². The van der Waals surface area contributed by atoms with Gasteiger partial charge < -0.3 is 23.2 Å². The Morgan fingerprint density at radius 3 is 2.59 bits per heavy atom. The molecule has 4 rings (SSSR count). The molecule has 0 aliphatic rings. The number of rotatable bonds is 10. The molecule has 2 heterocycles. The summed E-state index contributed by atoms with van der Waals surface area (Å²) in [7, 11) is -1.13. The van der Waals surface area contributed by atoms with Crippen LogP contribution in [0.4, 0.5) is 0 Å². The summed E-state index contributed by atoms with van der Waals surface area (Å²) in [6.45, 7) is 11.7. The lowest BCUT2D eigenvalue weighted by Crippen LogP contribution is -2.22. The second-order valence-electron chi connectivity index (χ2n) is 9.49. The summed E-state index contributed by atoms with van der Waals surface area (Å²) in [5, 5.41) is 5.45. The highest BCUT2D eigenvalue weighted by molar-refractivity contribution is 6.76. The molecule has 9 heteroatoms. The van der Waals surface area contributed by atoms with Gasteiger partial charge in [0.05, 0.1) is 28.3 Å². The van der Waals surface area contributed by atoms with Crippen LogP contribution in [0.2, 0.25) is 30.7 Å². The van der Waals surface area contributed by atoms with E-state index < -0.39 is 8.07 Å². The minimum absolute atomic E-state index is 0.0257. The summed E-state index contributed by atoms with van der Waals surface area (Å²) in [6.07, 6.45) is 1.64. The number of hydrogen-bond acceptors (Lipinski definition) is 7. The third-order valence-electron chi connectivity index (χ3n) is 5.08. The van der Waals surface area contributed by atoms with Crippen LogP contribution in [0.3, 0.4) is 0 Å². The number of benzene rings is 2. The Morgan fingerprint density at radius 2 is 1.85 bits per heavy atom. The molecule has 0 N–H and O–H groups in total. The van der Waals surface area contributed by atoms with Crippen LogP contribution < -0.4 is 9.47 Å². The molecule has 4 aromatic rings. The summed E-state index contributed by atoms with van der Waals surface area (Å²) in [5.74, 6) is 2.05. The Bertz CT molecular complexity index is 1260. The van der Waals surface area contributed by atoms with Crippen LogP contribution in [0.15, 0.2) is 51.6 Å². The Kier molecular flexibility index (Phi) is 7.30. The van der Waals surface area contributed by atoms with Gasteiger partial charge in [0, 0.05) is 20.2 Å². The smallest absolute Gasteiger partial charge is 0.258 e. The van der Waals surface area contributed by atoms with Crippen molar-refractivity contribution in [1.82, 2.24) is 10.1 Å². The van der Waals surface area contributed by atoms with Crippen molar-refractivity contribution in [2.75, 3.05) is 13.4 Å². The first-order valence-electron chi connectivity index (χ1n) is 11.2. The van der Waals surface area contributed by atoms with Crippen LogP contribution in [0.25, 0.3) is 33.8 Å². The lowest BCUT2D eigenvalue weighted by atomic mass is 10.1. The highest BCUT2D eigenvalue weighted by Gasteiger charge is 2.18. The molecule has 0 aliphatic heterocycles. The largest absolute Gasteiger partial charge is 0.489 e. The number of aromatic nitrogens is 2. The first-order chi connectivity index (χ1) is 16.2. The predicted molar refractivity (Wildman–Crippen MR) is 135 cm³/mol. The van der Waals surface area contributed by atoms with Gasteiger partial charge in [0.15, 0.2) is 6.79 Å². The maximum Gasteiger partial charge on any atom is 0.258 e. The first-order valence-corrected chi connectivity index (χ1v) is 15.3. The Labute approximate surface area is 205 Å². The van der Waals surface area contributed by atoms with E-state index >= 15 is 0 Å². The van der Waals surface area contributed by atoms with E-state index in [-0.39, 0.29) is 12.9 Å². The van der Waals surface area contributed by atoms with Gasteiger partial charge in [-0.3, -0.25) is 0 Å². The Balaban J connectivity index is 1.50. The molecule has 0 radical (unpaired) electrons. The summed E-state index contributed by atoms with van der Waals surface area (Å²) in [6, 6.07) is 12.0. The molecule has 180 valence electrons. The second kappa shape index (κ2) is 10.2. The third kappa shape index (κ3) is 5.81. The predicted octanol–water partition coefficient (Wildman–Crippen LogP) is 7.28. The Morgan fingerprint density at radius 1 is 1.06 bits per heavy atom. The molecule has 7 nitrogen and oxygen atoms in total. The lowest BCUT2D eigenvalue weighted by molar-refractivity contribution is 0.0230. The van der Waals surface area contributed by atoms with Gasteiger partial charge in [-0.05, 0) is 56.3 Å². The molecule has 0 amide bonds. The van der Waals surface area contributed by atoms with Crippen molar-refractivity contribution in [3.8, 4) is 34.3 Å². The van der Waals surface area contributed by atoms with Crippen LogP contribution in [-0.4, -0.2) is 37.7 Å². The average molecular weight is 501 g/mol. The zero-order chi connectivity index (χ0) is 24.3. The van der Waals surface area contributed by atoms with Gasteiger partial charge in [0.2, 0.25) is 5.82 Å². The van der Waals surface area contributed by atoms with Crippen molar-refractivity contribution >= 4 is 30.6 Å². The van der Waals surface area contributed by atoms with Gasteiger partial charge in [-0.2, -0.15) is 4.98 Å². The van der Waals surface area contributed by atoms with Gasteiger partial charge in [0.1, 0.15) is 17.1 Å². The lowest BCUT2D eigenvalue weighted by Gasteiger charge is -2.15. The normalized spacial score (nSPS) is 12.0. The molecule has 0 bridgehead atoms. The number of halogens is 1. The summed E-state index contributed by atoms with van der Waals surface area (Å²) < 4.78 is 28.4. The molecule has 34 heavy (non-hydrogen) atoms. The highest BCUT2D eigenvalue weighted by Crippen LogP contribution is 2.36. The molecule has 0 fully saturated rings. The minimum atomic E-state index is -1.13. The highest BCUT2D eigenvalue weighted by atomic mass is 35.5. The van der Waals surface area contributed by atoms with Crippen LogP contribution in [0.5, 0.6) is 11.5 Å². The third-order valence-corrected chi connectivity index (χ3v) is 7.08. The summed E-state index contributed by atoms with van der Waals surface area (Å²) >= 11 is 6.36. The van der Waals surface area contributed by atoms with Crippen LogP contribution >= 0.6 is 11.6 Å². The van der Waals surface area contributed by atoms with E-state index in [1.165, 1.54) is 0 Å².